The molecule has 0 unspecified atom stereocenters. The minimum absolute atomic E-state index is 0.138. The standard InChI is InChI=1S/C26H27N3O4/c1-18(12-26(30)28-8-5-10-29-11-9-27-17-29)21-14-22-23(16-33-25(22)15-24(21)32-3)19-6-4-7-20(13-19)31-2/h4,6-7,9,11-17H,5,8,10H2,1-3H3,(H,28,30)/b18-12+. The largest absolute Gasteiger partial charge is 0.497 e. The summed E-state index contributed by atoms with van der Waals surface area (Å²) < 4.78 is 18.7. The molecule has 170 valence electrons. The van der Waals surface area contributed by atoms with Crippen molar-refractivity contribution in [1.29, 1.82) is 0 Å². The molecule has 0 aliphatic carbocycles. The number of hydrogen-bond donors (Lipinski definition) is 1. The van der Waals surface area contributed by atoms with Crippen LogP contribution in [0.25, 0.3) is 27.7 Å². The van der Waals surface area contributed by atoms with Gasteiger partial charge in [-0.15, -0.1) is 0 Å². The first-order valence-electron chi connectivity index (χ1n) is 10.7. The second-order valence-electron chi connectivity index (χ2n) is 7.70. The van der Waals surface area contributed by atoms with Crippen LogP contribution in [0.3, 0.4) is 0 Å². The van der Waals surface area contributed by atoms with Crippen LogP contribution in [0.5, 0.6) is 11.5 Å². The molecule has 7 nitrogen and oxygen atoms in total. The molecule has 2 aromatic carbocycles. The van der Waals surface area contributed by atoms with Gasteiger partial charge in [0.2, 0.25) is 5.91 Å². The molecule has 0 saturated carbocycles. The van der Waals surface area contributed by atoms with Gasteiger partial charge in [-0.1, -0.05) is 12.1 Å². The number of aromatic nitrogens is 2. The third kappa shape index (κ3) is 5.09. The first kappa shape index (κ1) is 22.2. The van der Waals surface area contributed by atoms with Crippen molar-refractivity contribution in [3.8, 4) is 22.6 Å². The van der Waals surface area contributed by atoms with E-state index in [0.29, 0.717) is 17.9 Å². The highest BCUT2D eigenvalue weighted by molar-refractivity contribution is 6.00. The number of imidazole rings is 1. The number of amides is 1. The zero-order valence-electron chi connectivity index (χ0n) is 19.0. The summed E-state index contributed by atoms with van der Waals surface area (Å²) in [5, 5.41) is 3.88. The maximum atomic E-state index is 12.5. The van der Waals surface area contributed by atoms with Crippen molar-refractivity contribution in [3.63, 3.8) is 0 Å². The van der Waals surface area contributed by atoms with Gasteiger partial charge >= 0.3 is 0 Å². The van der Waals surface area contributed by atoms with Gasteiger partial charge in [0.25, 0.3) is 0 Å². The van der Waals surface area contributed by atoms with E-state index in [1.807, 2.05) is 54.1 Å². The van der Waals surface area contributed by atoms with E-state index in [-0.39, 0.29) is 5.91 Å². The molecule has 2 aromatic heterocycles. The summed E-state index contributed by atoms with van der Waals surface area (Å²) in [5.74, 6) is 1.28. The van der Waals surface area contributed by atoms with Crippen LogP contribution in [0.1, 0.15) is 18.9 Å². The second-order valence-corrected chi connectivity index (χ2v) is 7.70. The van der Waals surface area contributed by atoms with Crippen LogP contribution >= 0.6 is 0 Å². The molecule has 0 fully saturated rings. The van der Waals surface area contributed by atoms with Gasteiger partial charge in [0.1, 0.15) is 17.1 Å². The van der Waals surface area contributed by atoms with Crippen molar-refractivity contribution >= 4 is 22.4 Å². The van der Waals surface area contributed by atoms with Gasteiger partial charge in [-0.25, -0.2) is 4.98 Å². The lowest BCUT2D eigenvalue weighted by atomic mass is 9.99. The average Bonchev–Trinajstić information content (AvgIpc) is 3.50. The number of nitrogens with zero attached hydrogens (tertiary/aromatic N) is 2. The zero-order chi connectivity index (χ0) is 23.2. The van der Waals surface area contributed by atoms with Gasteiger partial charge in [-0.2, -0.15) is 0 Å². The number of carbonyl (C=O) groups is 1. The van der Waals surface area contributed by atoms with Crippen LogP contribution in [-0.2, 0) is 11.3 Å². The summed E-state index contributed by atoms with van der Waals surface area (Å²) in [6.45, 7) is 3.29. The Hall–Kier alpha value is -4.00. The Labute approximate surface area is 192 Å². The van der Waals surface area contributed by atoms with Gasteiger partial charge in [-0.05, 0) is 42.7 Å². The Morgan fingerprint density at radius 2 is 2.09 bits per heavy atom. The molecule has 0 aliphatic heterocycles. The van der Waals surface area contributed by atoms with Gasteiger partial charge < -0.3 is 23.8 Å². The molecule has 4 aromatic rings. The highest BCUT2D eigenvalue weighted by Crippen LogP contribution is 2.38. The highest BCUT2D eigenvalue weighted by Gasteiger charge is 2.15. The van der Waals surface area contributed by atoms with E-state index in [4.69, 9.17) is 13.9 Å². The van der Waals surface area contributed by atoms with Crippen LogP contribution in [0.2, 0.25) is 0 Å². The Morgan fingerprint density at radius 1 is 1.21 bits per heavy atom. The highest BCUT2D eigenvalue weighted by atomic mass is 16.5. The molecule has 33 heavy (non-hydrogen) atoms. The predicted molar refractivity (Wildman–Crippen MR) is 128 cm³/mol. The first-order chi connectivity index (χ1) is 16.1. The number of aryl methyl sites for hydroxylation is 1. The topological polar surface area (TPSA) is 78.5 Å². The molecular formula is C26H27N3O4. The van der Waals surface area contributed by atoms with Crippen LogP contribution < -0.4 is 14.8 Å². The summed E-state index contributed by atoms with van der Waals surface area (Å²) in [6, 6.07) is 11.7. The number of nitrogens with one attached hydrogen (secondary N) is 1. The van der Waals surface area contributed by atoms with Gasteiger partial charge in [0.05, 0.1) is 26.8 Å². The summed E-state index contributed by atoms with van der Waals surface area (Å²) in [5.41, 5.74) is 4.29. The number of fused-ring (bicyclic) bond motifs is 1. The van der Waals surface area contributed by atoms with E-state index in [1.165, 1.54) is 0 Å². The van der Waals surface area contributed by atoms with Gasteiger partial charge in [-0.3, -0.25) is 4.79 Å². The van der Waals surface area contributed by atoms with Crippen LogP contribution in [0, 0.1) is 0 Å². The Morgan fingerprint density at radius 3 is 2.85 bits per heavy atom. The molecule has 1 N–H and O–H groups in total. The number of rotatable bonds is 9. The summed E-state index contributed by atoms with van der Waals surface area (Å²) >= 11 is 0. The van der Waals surface area contributed by atoms with Crippen molar-refractivity contribution < 1.29 is 18.7 Å². The van der Waals surface area contributed by atoms with Crippen molar-refractivity contribution in [1.82, 2.24) is 14.9 Å². The second kappa shape index (κ2) is 10.1. The fourth-order valence-corrected chi connectivity index (χ4v) is 3.76. The maximum Gasteiger partial charge on any atom is 0.244 e. The van der Waals surface area contributed by atoms with E-state index >= 15 is 0 Å². The van der Waals surface area contributed by atoms with Crippen molar-refractivity contribution in [2.24, 2.45) is 0 Å². The van der Waals surface area contributed by atoms with E-state index in [9.17, 15) is 4.79 Å². The van der Waals surface area contributed by atoms with Crippen LogP contribution in [0.4, 0.5) is 0 Å². The number of hydrogen-bond acceptors (Lipinski definition) is 5. The molecule has 2 heterocycles. The van der Waals surface area contributed by atoms with Gasteiger partial charge in [0.15, 0.2) is 0 Å². The van der Waals surface area contributed by atoms with Gasteiger partial charge in [0, 0.05) is 54.1 Å². The molecule has 0 bridgehead atoms. The van der Waals surface area contributed by atoms with Crippen molar-refractivity contribution in [2.75, 3.05) is 20.8 Å². The Bertz CT molecular complexity index is 1270. The molecule has 0 saturated heterocycles. The predicted octanol–water partition coefficient (Wildman–Crippen LogP) is 4.92. The average molecular weight is 446 g/mol. The number of carbonyl (C=O) groups excluding carboxylic acids is 1. The lowest BCUT2D eigenvalue weighted by Crippen LogP contribution is -2.23. The lowest BCUT2D eigenvalue weighted by Gasteiger charge is -2.10. The van der Waals surface area contributed by atoms with E-state index in [0.717, 1.165) is 46.4 Å². The molecule has 0 aliphatic rings. The SMILES string of the molecule is COc1cccc(-c2coc3cc(OC)c(/C(C)=C/C(=O)NCCCn4ccnc4)cc23)c1. The number of methoxy groups -OCH3 is 2. The van der Waals surface area contributed by atoms with Crippen LogP contribution in [-0.4, -0.2) is 36.2 Å². The van der Waals surface area contributed by atoms with E-state index < -0.39 is 0 Å². The quantitative estimate of drug-likeness (QED) is 0.292. The normalized spacial score (nSPS) is 11.5. The van der Waals surface area contributed by atoms with E-state index in [2.05, 4.69) is 10.3 Å². The molecule has 0 spiro atoms. The summed E-state index contributed by atoms with van der Waals surface area (Å²) in [4.78, 5) is 16.5. The van der Waals surface area contributed by atoms with Crippen molar-refractivity contribution in [3.05, 3.63) is 73.0 Å². The fourth-order valence-electron chi connectivity index (χ4n) is 3.76. The number of allylic oxidation sites excluding steroid dienone is 1. The molecule has 1 amide bonds. The number of furan rings is 1. The summed E-state index contributed by atoms with van der Waals surface area (Å²) in [6.07, 6.45) is 9.58. The van der Waals surface area contributed by atoms with Crippen LogP contribution in [0.15, 0.2) is 71.9 Å². The maximum absolute atomic E-state index is 12.5. The third-order valence-electron chi connectivity index (χ3n) is 5.50. The molecule has 7 heteroatoms. The minimum atomic E-state index is -0.138. The minimum Gasteiger partial charge on any atom is -0.497 e. The molecule has 4 rings (SSSR count). The smallest absolute Gasteiger partial charge is 0.244 e. The van der Waals surface area contributed by atoms with E-state index in [1.54, 1.807) is 39.1 Å². The first-order valence-corrected chi connectivity index (χ1v) is 10.7. The monoisotopic (exact) mass is 445 g/mol. The van der Waals surface area contributed by atoms with Crippen molar-refractivity contribution in [2.45, 2.75) is 19.9 Å². The third-order valence-corrected chi connectivity index (χ3v) is 5.50. The Balaban J connectivity index is 1.55. The molecular weight excluding hydrogens is 418 g/mol. The lowest BCUT2D eigenvalue weighted by molar-refractivity contribution is -0.116. The zero-order valence-corrected chi connectivity index (χ0v) is 19.0. The Kier molecular flexibility index (Phi) is 6.78. The number of benzene rings is 2. The summed E-state index contributed by atoms with van der Waals surface area (Å²) in [7, 11) is 3.26. The fraction of sp³-hybridized carbons (Fsp3) is 0.231. The molecule has 0 atom stereocenters. The molecule has 0 radical (unpaired) electrons. The number of ether oxygens (including phenoxy) is 2.